The second-order valence-electron chi connectivity index (χ2n) is 3.54. The van der Waals surface area contributed by atoms with Crippen molar-refractivity contribution in [3.63, 3.8) is 0 Å². The van der Waals surface area contributed by atoms with Crippen LogP contribution in [0.25, 0.3) is 4.96 Å². The maximum atomic E-state index is 12.4. The summed E-state index contributed by atoms with van der Waals surface area (Å²) in [6, 6.07) is 0. The van der Waals surface area contributed by atoms with E-state index in [2.05, 4.69) is 30.3 Å². The number of anilines is 2. The van der Waals surface area contributed by atoms with E-state index in [-0.39, 0.29) is 16.8 Å². The molecule has 0 aliphatic carbocycles. The van der Waals surface area contributed by atoms with E-state index in [4.69, 9.17) is 5.84 Å². The molecule has 0 unspecified atom stereocenters. The molecule has 4 N–H and O–H groups in total. The second kappa shape index (κ2) is 4.66. The molecule has 0 saturated carbocycles. The maximum absolute atomic E-state index is 12.4. The minimum absolute atomic E-state index is 0.0354. The van der Waals surface area contributed by atoms with Gasteiger partial charge in [-0.2, -0.15) is 18.5 Å². The highest BCUT2D eigenvalue weighted by atomic mass is 32.2. The van der Waals surface area contributed by atoms with Crippen molar-refractivity contribution in [1.82, 2.24) is 24.6 Å². The number of rotatable bonds is 4. The van der Waals surface area contributed by atoms with Gasteiger partial charge < -0.3 is 5.43 Å². The number of fused-ring (bicyclic) bond motifs is 1. The van der Waals surface area contributed by atoms with E-state index in [1.165, 1.54) is 28.1 Å². The van der Waals surface area contributed by atoms with E-state index < -0.39 is 10.0 Å². The quantitative estimate of drug-likeness (QED) is 0.439. The van der Waals surface area contributed by atoms with Crippen LogP contribution >= 0.6 is 11.3 Å². The molecule has 104 valence electrons. The summed E-state index contributed by atoms with van der Waals surface area (Å²) in [5, 5.41) is 8.70. The number of hydrogen-bond donors (Lipinski definition) is 3. The van der Waals surface area contributed by atoms with Gasteiger partial charge in [-0.25, -0.2) is 15.5 Å². The molecule has 3 aromatic rings. The van der Waals surface area contributed by atoms with Crippen LogP contribution in [-0.4, -0.2) is 33.0 Å². The number of imidazole rings is 1. The zero-order valence-corrected chi connectivity index (χ0v) is 11.4. The molecular weight excluding hydrogens is 304 g/mol. The van der Waals surface area contributed by atoms with Gasteiger partial charge in [0.15, 0.2) is 10.8 Å². The largest absolute Gasteiger partial charge is 0.306 e. The van der Waals surface area contributed by atoms with Crippen LogP contribution in [0.2, 0.25) is 0 Å². The average Bonchev–Trinajstić information content (AvgIpc) is 2.98. The maximum Gasteiger partial charge on any atom is 0.284 e. The van der Waals surface area contributed by atoms with Gasteiger partial charge in [0.25, 0.3) is 16.0 Å². The smallest absolute Gasteiger partial charge is 0.284 e. The Balaban J connectivity index is 2.11. The topological polar surface area (TPSA) is 140 Å². The minimum Gasteiger partial charge on any atom is -0.306 e. The van der Waals surface area contributed by atoms with Crippen molar-refractivity contribution in [3.05, 3.63) is 24.0 Å². The van der Waals surface area contributed by atoms with Crippen LogP contribution in [0.5, 0.6) is 0 Å². The zero-order chi connectivity index (χ0) is 14.2. The van der Waals surface area contributed by atoms with E-state index in [0.717, 1.165) is 0 Å². The van der Waals surface area contributed by atoms with Gasteiger partial charge in [0.2, 0.25) is 5.03 Å². The molecule has 0 radical (unpaired) electrons. The van der Waals surface area contributed by atoms with Crippen molar-refractivity contribution in [1.29, 1.82) is 0 Å². The van der Waals surface area contributed by atoms with E-state index in [9.17, 15) is 8.42 Å². The molecular formula is C8H8N8O2S2. The molecule has 3 heterocycles. The van der Waals surface area contributed by atoms with E-state index >= 15 is 0 Å². The first-order valence-corrected chi connectivity index (χ1v) is 7.57. The van der Waals surface area contributed by atoms with Crippen molar-refractivity contribution in [3.8, 4) is 0 Å². The number of nitrogen functional groups attached to an aromatic ring is 1. The van der Waals surface area contributed by atoms with Crippen LogP contribution in [-0.2, 0) is 10.0 Å². The van der Waals surface area contributed by atoms with Gasteiger partial charge in [-0.15, -0.1) is 16.4 Å². The Bertz CT molecular complexity index is 840. The Morgan fingerprint density at radius 2 is 2.20 bits per heavy atom. The fraction of sp³-hybridized carbons (Fsp3) is 0. The lowest BCUT2D eigenvalue weighted by atomic mass is 10.7. The van der Waals surface area contributed by atoms with Gasteiger partial charge in [0, 0.05) is 11.6 Å². The van der Waals surface area contributed by atoms with Crippen LogP contribution in [0.4, 0.5) is 11.8 Å². The lowest BCUT2D eigenvalue weighted by Gasteiger charge is -2.06. The molecule has 0 fully saturated rings. The summed E-state index contributed by atoms with van der Waals surface area (Å²) in [6.07, 6.45) is 4.23. The van der Waals surface area contributed by atoms with E-state index in [0.29, 0.717) is 4.96 Å². The lowest BCUT2D eigenvalue weighted by Crippen LogP contribution is -2.20. The summed E-state index contributed by atoms with van der Waals surface area (Å²) in [4.78, 5) is 8.31. The van der Waals surface area contributed by atoms with Crippen LogP contribution < -0.4 is 16.0 Å². The second-order valence-corrected chi connectivity index (χ2v) is 6.01. The highest BCUT2D eigenvalue weighted by Crippen LogP contribution is 2.25. The number of thiazole rings is 1. The zero-order valence-electron chi connectivity index (χ0n) is 9.76. The van der Waals surface area contributed by atoms with Crippen molar-refractivity contribution < 1.29 is 8.42 Å². The number of aromatic nitrogens is 5. The summed E-state index contributed by atoms with van der Waals surface area (Å²) in [6.45, 7) is 0. The molecule has 0 spiro atoms. The Morgan fingerprint density at radius 3 is 2.90 bits per heavy atom. The number of nitrogens with zero attached hydrogens (tertiary/aromatic N) is 5. The van der Waals surface area contributed by atoms with Gasteiger partial charge in [0.05, 0.1) is 12.4 Å². The van der Waals surface area contributed by atoms with Crippen molar-refractivity contribution in [2.75, 3.05) is 10.1 Å². The monoisotopic (exact) mass is 312 g/mol. The first kappa shape index (κ1) is 12.7. The number of hydrogen-bond acceptors (Lipinski definition) is 9. The summed E-state index contributed by atoms with van der Waals surface area (Å²) in [5.41, 5.74) is 2.26. The number of nitrogens with one attached hydrogen (secondary N) is 2. The van der Waals surface area contributed by atoms with Gasteiger partial charge in [0.1, 0.15) is 0 Å². The van der Waals surface area contributed by atoms with Gasteiger partial charge in [-0.05, 0) is 0 Å². The predicted octanol–water partition coefficient (Wildman–Crippen LogP) is -0.333. The highest BCUT2D eigenvalue weighted by Gasteiger charge is 2.26. The first-order valence-electron chi connectivity index (χ1n) is 5.20. The molecule has 3 aromatic heterocycles. The molecule has 3 rings (SSSR count). The Morgan fingerprint density at radius 1 is 1.35 bits per heavy atom. The van der Waals surface area contributed by atoms with Gasteiger partial charge in [-0.3, -0.25) is 4.40 Å². The molecule has 0 atom stereocenters. The third-order valence-corrected chi connectivity index (χ3v) is 4.42. The third-order valence-electron chi connectivity index (χ3n) is 2.32. The van der Waals surface area contributed by atoms with E-state index in [1.807, 2.05) is 0 Å². The van der Waals surface area contributed by atoms with Crippen LogP contribution in [0, 0.1) is 0 Å². The summed E-state index contributed by atoms with van der Waals surface area (Å²) >= 11 is 1.28. The van der Waals surface area contributed by atoms with Crippen LogP contribution in [0.1, 0.15) is 0 Å². The normalized spacial score (nSPS) is 11.7. The minimum atomic E-state index is -3.96. The molecule has 0 aliphatic heterocycles. The number of sulfonamides is 1. The van der Waals surface area contributed by atoms with Crippen molar-refractivity contribution >= 4 is 38.1 Å². The average molecular weight is 312 g/mol. The van der Waals surface area contributed by atoms with Crippen molar-refractivity contribution in [2.24, 2.45) is 5.84 Å². The van der Waals surface area contributed by atoms with Crippen LogP contribution in [0.3, 0.4) is 0 Å². The summed E-state index contributed by atoms with van der Waals surface area (Å²) in [5.74, 6) is 5.20. The van der Waals surface area contributed by atoms with Gasteiger partial charge in [-0.1, -0.05) is 0 Å². The SMILES string of the molecule is NNc1nc2sccn2c1S(=O)(=O)Nc1nccnn1. The Kier molecular flexibility index (Phi) is 2.96. The summed E-state index contributed by atoms with van der Waals surface area (Å²) < 4.78 is 28.4. The van der Waals surface area contributed by atoms with Gasteiger partial charge >= 0.3 is 0 Å². The standard InChI is InChI=1S/C8H8N8O2S2/c9-13-5-6(16-3-4-19-8(16)12-5)20(17,18)15-7-10-1-2-11-14-7/h1-4,13H,9H2,(H,10,14,15). The molecule has 10 nitrogen and oxygen atoms in total. The highest BCUT2D eigenvalue weighted by molar-refractivity contribution is 7.92. The molecule has 0 bridgehead atoms. The third kappa shape index (κ3) is 2.04. The number of hydrazine groups is 1. The van der Waals surface area contributed by atoms with Crippen molar-refractivity contribution in [2.45, 2.75) is 5.03 Å². The number of nitrogens with two attached hydrogens (primary N) is 1. The van der Waals surface area contributed by atoms with Crippen LogP contribution in [0.15, 0.2) is 29.0 Å². The summed E-state index contributed by atoms with van der Waals surface area (Å²) in [7, 11) is -3.96. The Hall–Kier alpha value is -2.31. The fourth-order valence-electron chi connectivity index (χ4n) is 1.58. The molecule has 20 heavy (non-hydrogen) atoms. The van der Waals surface area contributed by atoms with E-state index in [1.54, 1.807) is 11.6 Å². The molecule has 0 aromatic carbocycles. The molecule has 12 heteroatoms. The first-order chi connectivity index (χ1) is 9.62. The molecule has 0 amide bonds. The lowest BCUT2D eigenvalue weighted by molar-refractivity contribution is 0.596. The molecule has 0 aliphatic rings. The predicted molar refractivity (Wildman–Crippen MR) is 71.5 cm³/mol. The Labute approximate surface area is 116 Å². The fourth-order valence-corrected chi connectivity index (χ4v) is 3.55. The molecule has 0 saturated heterocycles.